The maximum absolute atomic E-state index is 13.2. The lowest BCUT2D eigenvalue weighted by atomic mass is 10.0. The molecule has 35 heavy (non-hydrogen) atoms. The van der Waals surface area contributed by atoms with Crippen LogP contribution in [0.5, 0.6) is 5.75 Å². The van der Waals surface area contributed by atoms with Gasteiger partial charge in [-0.3, -0.25) is 9.59 Å². The smallest absolute Gasteiger partial charge is 0.305 e. The fraction of sp³-hybridized carbons (Fsp3) is 0.357. The molecule has 1 aromatic heterocycles. The molecule has 3 aromatic rings. The van der Waals surface area contributed by atoms with E-state index in [4.69, 9.17) is 18.9 Å². The number of para-hydroxylation sites is 1. The second-order valence-electron chi connectivity index (χ2n) is 8.83. The largest absolute Gasteiger partial charge is 0.485 e. The minimum atomic E-state index is -0.732. The molecule has 0 aliphatic carbocycles. The number of ether oxygens (including phenoxy) is 4. The number of esters is 1. The van der Waals surface area contributed by atoms with Crippen LogP contribution in [0.1, 0.15) is 48.3 Å². The molecule has 1 aliphatic heterocycles. The van der Waals surface area contributed by atoms with Gasteiger partial charge in [0.15, 0.2) is 12.4 Å². The molecule has 1 aliphatic rings. The van der Waals surface area contributed by atoms with Gasteiger partial charge in [-0.15, -0.1) is 11.3 Å². The van der Waals surface area contributed by atoms with E-state index in [9.17, 15) is 9.59 Å². The molecule has 0 amide bonds. The van der Waals surface area contributed by atoms with Gasteiger partial charge < -0.3 is 18.9 Å². The van der Waals surface area contributed by atoms with Crippen molar-refractivity contribution < 1.29 is 28.5 Å². The normalized spacial score (nSPS) is 19.3. The Balaban J connectivity index is 1.54. The predicted molar refractivity (Wildman–Crippen MR) is 137 cm³/mol. The van der Waals surface area contributed by atoms with Crippen molar-refractivity contribution >= 4 is 39.3 Å². The van der Waals surface area contributed by atoms with Crippen molar-refractivity contribution in [2.45, 2.75) is 51.1 Å². The van der Waals surface area contributed by atoms with Gasteiger partial charge in [0, 0.05) is 22.1 Å². The van der Waals surface area contributed by atoms with Crippen LogP contribution in [-0.2, 0) is 19.0 Å². The van der Waals surface area contributed by atoms with E-state index < -0.39 is 5.79 Å². The van der Waals surface area contributed by atoms with E-state index in [0.717, 1.165) is 15.6 Å². The van der Waals surface area contributed by atoms with E-state index in [1.54, 1.807) is 0 Å². The summed E-state index contributed by atoms with van der Waals surface area (Å²) in [5.41, 5.74) is 0.855. The average molecular weight is 495 g/mol. The minimum absolute atomic E-state index is 0.0378. The van der Waals surface area contributed by atoms with Gasteiger partial charge in [-0.2, -0.15) is 0 Å². The van der Waals surface area contributed by atoms with Gasteiger partial charge in [0.25, 0.3) is 0 Å². The summed E-state index contributed by atoms with van der Waals surface area (Å²) in [7, 11) is 1.39. The first-order valence-electron chi connectivity index (χ1n) is 11.7. The van der Waals surface area contributed by atoms with Crippen LogP contribution in [0, 0.1) is 0 Å². The Hall–Kier alpha value is -3.00. The standard InChI is InChI=1S/C28H30O6S/c1-28(2)33-23(13-9-15-26(30)31-3)24(34-28)17-16-21-20-12-7-8-14-25(20)35-27(21)22(29)18-32-19-10-5-4-6-11-19/h4-8,10-12,14,16-17,23-24H,9,13,15,18H2,1-3H3/b17-16+/t23-,24+/m0/s1. The predicted octanol–water partition coefficient (Wildman–Crippen LogP) is 6.04. The van der Waals surface area contributed by atoms with Crippen molar-refractivity contribution in [2.24, 2.45) is 0 Å². The minimum Gasteiger partial charge on any atom is -0.485 e. The summed E-state index contributed by atoms with van der Waals surface area (Å²) in [5, 5.41) is 1.01. The Labute approximate surface area is 209 Å². The van der Waals surface area contributed by atoms with Gasteiger partial charge in [0.2, 0.25) is 5.78 Å². The van der Waals surface area contributed by atoms with Gasteiger partial charge in [0.05, 0.1) is 18.1 Å². The first-order valence-corrected chi connectivity index (χ1v) is 12.5. The van der Waals surface area contributed by atoms with Crippen molar-refractivity contribution in [3.8, 4) is 5.75 Å². The Morgan fingerprint density at radius 1 is 1.06 bits per heavy atom. The molecule has 0 N–H and O–H groups in total. The Morgan fingerprint density at radius 3 is 2.57 bits per heavy atom. The number of carbonyl (C=O) groups is 2. The summed E-state index contributed by atoms with van der Waals surface area (Å²) < 4.78 is 23.7. The summed E-state index contributed by atoms with van der Waals surface area (Å²) in [6, 6.07) is 17.3. The maximum Gasteiger partial charge on any atom is 0.305 e. The van der Waals surface area contributed by atoms with Gasteiger partial charge in [0.1, 0.15) is 11.9 Å². The lowest BCUT2D eigenvalue weighted by molar-refractivity contribution is -0.144. The zero-order valence-electron chi connectivity index (χ0n) is 20.2. The second-order valence-corrected chi connectivity index (χ2v) is 9.88. The number of Topliss-reactive ketones (excluding diaryl/α,β-unsaturated/α-hetero) is 1. The number of carbonyl (C=O) groups excluding carboxylic acids is 2. The van der Waals surface area contributed by atoms with Gasteiger partial charge in [-0.1, -0.05) is 48.6 Å². The van der Waals surface area contributed by atoms with E-state index in [-0.39, 0.29) is 30.6 Å². The van der Waals surface area contributed by atoms with E-state index in [1.165, 1.54) is 18.4 Å². The molecule has 0 radical (unpaired) electrons. The highest BCUT2D eigenvalue weighted by atomic mass is 32.1. The zero-order chi connectivity index (χ0) is 24.8. The molecule has 4 rings (SSSR count). The topological polar surface area (TPSA) is 71.1 Å². The van der Waals surface area contributed by atoms with Crippen LogP contribution in [0.2, 0.25) is 0 Å². The molecule has 1 fully saturated rings. The lowest BCUT2D eigenvalue weighted by Crippen LogP contribution is -2.21. The van der Waals surface area contributed by atoms with Crippen LogP contribution in [0.4, 0.5) is 0 Å². The Kier molecular flexibility index (Phi) is 8.00. The van der Waals surface area contributed by atoms with Crippen LogP contribution in [0.3, 0.4) is 0 Å². The molecule has 0 unspecified atom stereocenters. The molecule has 1 saturated heterocycles. The summed E-state index contributed by atoms with van der Waals surface area (Å²) in [6.45, 7) is 3.72. The maximum atomic E-state index is 13.2. The fourth-order valence-electron chi connectivity index (χ4n) is 4.16. The van der Waals surface area contributed by atoms with E-state index in [2.05, 4.69) is 0 Å². The van der Waals surface area contributed by atoms with Crippen molar-refractivity contribution in [2.75, 3.05) is 13.7 Å². The number of fused-ring (bicyclic) bond motifs is 1. The highest BCUT2D eigenvalue weighted by Gasteiger charge is 2.39. The van der Waals surface area contributed by atoms with Crippen LogP contribution < -0.4 is 4.74 Å². The van der Waals surface area contributed by atoms with Gasteiger partial charge in [-0.05, 0) is 44.9 Å². The molecule has 2 atom stereocenters. The van der Waals surface area contributed by atoms with Gasteiger partial charge in [-0.25, -0.2) is 0 Å². The molecule has 2 heterocycles. The van der Waals surface area contributed by atoms with Crippen LogP contribution in [0.25, 0.3) is 16.2 Å². The molecular formula is C28H30O6S. The highest BCUT2D eigenvalue weighted by molar-refractivity contribution is 7.21. The molecule has 0 saturated carbocycles. The first-order chi connectivity index (χ1) is 16.9. The number of benzene rings is 2. The number of hydrogen-bond acceptors (Lipinski definition) is 7. The van der Waals surface area contributed by atoms with Crippen molar-refractivity contribution in [1.82, 2.24) is 0 Å². The van der Waals surface area contributed by atoms with Crippen LogP contribution in [0.15, 0.2) is 60.7 Å². The monoisotopic (exact) mass is 494 g/mol. The SMILES string of the molecule is COC(=O)CCC[C@@H]1OC(C)(C)O[C@@H]1/C=C/c1c(C(=O)COc2ccccc2)sc2ccccc12. The van der Waals surface area contributed by atoms with E-state index >= 15 is 0 Å². The van der Waals surface area contributed by atoms with Crippen molar-refractivity contribution in [3.63, 3.8) is 0 Å². The van der Waals surface area contributed by atoms with Gasteiger partial charge >= 0.3 is 5.97 Å². The Morgan fingerprint density at radius 2 is 1.80 bits per heavy atom. The summed E-state index contributed by atoms with van der Waals surface area (Å²) in [5.74, 6) is -0.383. The van der Waals surface area contributed by atoms with Crippen molar-refractivity contribution in [1.29, 1.82) is 0 Å². The highest BCUT2D eigenvalue weighted by Crippen LogP contribution is 2.35. The molecule has 6 nitrogen and oxygen atoms in total. The third-order valence-electron chi connectivity index (χ3n) is 5.77. The van der Waals surface area contributed by atoms with E-state index in [0.29, 0.717) is 29.9 Å². The van der Waals surface area contributed by atoms with Crippen LogP contribution in [-0.4, -0.2) is 43.5 Å². The third kappa shape index (κ3) is 6.36. The summed E-state index contributed by atoms with van der Waals surface area (Å²) >= 11 is 1.47. The number of methoxy groups -OCH3 is 1. The van der Waals surface area contributed by atoms with Crippen LogP contribution >= 0.6 is 11.3 Å². The molecular weight excluding hydrogens is 464 g/mol. The average Bonchev–Trinajstić information content (AvgIpc) is 3.37. The summed E-state index contributed by atoms with van der Waals surface area (Å²) in [4.78, 5) is 25.3. The lowest BCUT2D eigenvalue weighted by Gasteiger charge is -2.16. The molecule has 2 aromatic carbocycles. The van der Waals surface area contributed by atoms with Crippen molar-refractivity contribution in [3.05, 3.63) is 71.1 Å². The number of rotatable bonds is 10. The number of thiophene rings is 1. The Bertz CT molecular complexity index is 1200. The summed E-state index contributed by atoms with van der Waals surface area (Å²) in [6.07, 6.45) is 5.06. The van der Waals surface area contributed by atoms with E-state index in [1.807, 2.05) is 80.6 Å². The second kappa shape index (κ2) is 11.2. The quantitative estimate of drug-likeness (QED) is 0.253. The molecule has 0 spiro atoms. The third-order valence-corrected chi connectivity index (χ3v) is 7.00. The number of hydrogen-bond donors (Lipinski definition) is 0. The molecule has 7 heteroatoms. The fourth-order valence-corrected chi connectivity index (χ4v) is 5.27. The molecule has 0 bridgehead atoms. The molecule has 184 valence electrons. The number of ketones is 1. The zero-order valence-corrected chi connectivity index (χ0v) is 21.0. The first kappa shape index (κ1) is 25.1.